The van der Waals surface area contributed by atoms with Crippen LogP contribution in [0.4, 0.5) is 0 Å². The number of hydrogen-bond acceptors (Lipinski definition) is 3. The van der Waals surface area contributed by atoms with Crippen molar-refractivity contribution in [2.24, 2.45) is 0 Å². The standard InChI is InChI=1S/C19H23NO3/c1-2-15-7-9-16(10-8-15)19(21)20(13-17-5-3-11-22-17)14-18-6-4-12-23-18/h3,5,7-11,18H,2,4,6,12-14H2,1H3/t18-/m1/s1. The first-order chi connectivity index (χ1) is 11.3. The van der Waals surface area contributed by atoms with Crippen molar-refractivity contribution in [1.82, 2.24) is 4.90 Å². The highest BCUT2D eigenvalue weighted by Crippen LogP contribution is 2.18. The van der Waals surface area contributed by atoms with E-state index in [0.717, 1.165) is 31.6 Å². The van der Waals surface area contributed by atoms with Crippen LogP contribution >= 0.6 is 0 Å². The number of carbonyl (C=O) groups excluding carboxylic acids is 1. The number of hydrogen-bond donors (Lipinski definition) is 0. The lowest BCUT2D eigenvalue weighted by Crippen LogP contribution is -2.36. The number of benzene rings is 1. The number of nitrogens with zero attached hydrogens (tertiary/aromatic N) is 1. The van der Waals surface area contributed by atoms with E-state index in [2.05, 4.69) is 6.92 Å². The fourth-order valence-corrected chi connectivity index (χ4v) is 2.91. The molecule has 122 valence electrons. The summed E-state index contributed by atoms with van der Waals surface area (Å²) in [6.45, 7) is 3.98. The molecule has 4 heteroatoms. The maximum Gasteiger partial charge on any atom is 0.254 e. The molecule has 0 spiro atoms. The summed E-state index contributed by atoms with van der Waals surface area (Å²) >= 11 is 0. The van der Waals surface area contributed by atoms with Gasteiger partial charge in [-0.15, -0.1) is 0 Å². The number of ether oxygens (including phenoxy) is 1. The first-order valence-electron chi connectivity index (χ1n) is 8.28. The fraction of sp³-hybridized carbons (Fsp3) is 0.421. The Bertz CT molecular complexity index is 613. The molecule has 1 aliphatic heterocycles. The average molecular weight is 313 g/mol. The zero-order valence-corrected chi connectivity index (χ0v) is 13.5. The third-order valence-electron chi connectivity index (χ3n) is 4.27. The Morgan fingerprint density at radius 3 is 2.70 bits per heavy atom. The summed E-state index contributed by atoms with van der Waals surface area (Å²) < 4.78 is 11.1. The smallest absolute Gasteiger partial charge is 0.254 e. The molecule has 0 N–H and O–H groups in total. The molecule has 0 bridgehead atoms. The van der Waals surface area contributed by atoms with E-state index in [1.54, 1.807) is 6.26 Å². The topological polar surface area (TPSA) is 42.7 Å². The van der Waals surface area contributed by atoms with Crippen LogP contribution in [0.15, 0.2) is 47.1 Å². The number of furan rings is 1. The molecular weight excluding hydrogens is 290 g/mol. The molecule has 1 aliphatic rings. The second-order valence-electron chi connectivity index (χ2n) is 5.95. The van der Waals surface area contributed by atoms with E-state index in [0.29, 0.717) is 18.7 Å². The molecular formula is C19H23NO3. The molecule has 0 radical (unpaired) electrons. The number of aryl methyl sites for hydroxylation is 1. The Balaban J connectivity index is 1.75. The van der Waals surface area contributed by atoms with Gasteiger partial charge in [-0.2, -0.15) is 0 Å². The van der Waals surface area contributed by atoms with Gasteiger partial charge in [0.25, 0.3) is 5.91 Å². The molecule has 0 unspecified atom stereocenters. The first-order valence-corrected chi connectivity index (χ1v) is 8.28. The highest BCUT2D eigenvalue weighted by molar-refractivity contribution is 5.94. The molecule has 4 nitrogen and oxygen atoms in total. The van der Waals surface area contributed by atoms with Crippen LogP contribution in [0, 0.1) is 0 Å². The predicted molar refractivity (Wildman–Crippen MR) is 88.2 cm³/mol. The van der Waals surface area contributed by atoms with E-state index in [1.807, 2.05) is 41.3 Å². The minimum Gasteiger partial charge on any atom is -0.467 e. The van der Waals surface area contributed by atoms with E-state index in [-0.39, 0.29) is 12.0 Å². The van der Waals surface area contributed by atoms with Gasteiger partial charge < -0.3 is 14.1 Å². The van der Waals surface area contributed by atoms with Gasteiger partial charge in [0.15, 0.2) is 0 Å². The first kappa shape index (κ1) is 15.8. The molecule has 23 heavy (non-hydrogen) atoms. The lowest BCUT2D eigenvalue weighted by Gasteiger charge is -2.25. The molecule has 3 rings (SSSR count). The molecule has 1 fully saturated rings. The number of amides is 1. The van der Waals surface area contributed by atoms with Gasteiger partial charge in [0.05, 0.1) is 18.9 Å². The lowest BCUT2D eigenvalue weighted by molar-refractivity contribution is 0.0491. The number of rotatable bonds is 6. The quantitative estimate of drug-likeness (QED) is 0.817. The molecule has 2 heterocycles. The van der Waals surface area contributed by atoms with Crippen molar-refractivity contribution in [2.75, 3.05) is 13.2 Å². The summed E-state index contributed by atoms with van der Waals surface area (Å²) in [5.41, 5.74) is 1.95. The second kappa shape index (κ2) is 7.47. The average Bonchev–Trinajstić information content (AvgIpc) is 3.27. The highest BCUT2D eigenvalue weighted by Gasteiger charge is 2.24. The van der Waals surface area contributed by atoms with Gasteiger partial charge in [0, 0.05) is 18.7 Å². The summed E-state index contributed by atoms with van der Waals surface area (Å²) in [6.07, 6.45) is 4.82. The molecule has 0 saturated carbocycles. The Labute approximate surface area is 137 Å². The van der Waals surface area contributed by atoms with Gasteiger partial charge in [-0.05, 0) is 49.1 Å². The molecule has 2 aromatic rings. The van der Waals surface area contributed by atoms with Crippen molar-refractivity contribution in [3.8, 4) is 0 Å². The van der Waals surface area contributed by atoms with E-state index in [4.69, 9.17) is 9.15 Å². The second-order valence-corrected chi connectivity index (χ2v) is 5.95. The summed E-state index contributed by atoms with van der Waals surface area (Å²) in [7, 11) is 0. The van der Waals surface area contributed by atoms with E-state index in [9.17, 15) is 4.79 Å². The molecule has 1 saturated heterocycles. The zero-order chi connectivity index (χ0) is 16.1. The van der Waals surface area contributed by atoms with Crippen LogP contribution in [0.2, 0.25) is 0 Å². The third kappa shape index (κ3) is 4.02. The molecule has 0 aliphatic carbocycles. The predicted octanol–water partition coefficient (Wildman–Crippen LogP) is 3.66. The largest absolute Gasteiger partial charge is 0.467 e. The SMILES string of the molecule is CCc1ccc(C(=O)N(Cc2ccco2)C[C@H]2CCCO2)cc1. The summed E-state index contributed by atoms with van der Waals surface area (Å²) in [4.78, 5) is 14.7. The summed E-state index contributed by atoms with van der Waals surface area (Å²) in [6, 6.07) is 11.6. The van der Waals surface area contributed by atoms with Crippen molar-refractivity contribution in [2.45, 2.75) is 38.8 Å². The van der Waals surface area contributed by atoms with Crippen molar-refractivity contribution >= 4 is 5.91 Å². The monoisotopic (exact) mass is 313 g/mol. The maximum atomic E-state index is 12.9. The Hall–Kier alpha value is -2.07. The number of carbonyl (C=O) groups is 1. The highest BCUT2D eigenvalue weighted by atomic mass is 16.5. The van der Waals surface area contributed by atoms with E-state index < -0.39 is 0 Å². The van der Waals surface area contributed by atoms with Gasteiger partial charge in [0.2, 0.25) is 0 Å². The van der Waals surface area contributed by atoms with Gasteiger partial charge in [0.1, 0.15) is 5.76 Å². The third-order valence-corrected chi connectivity index (χ3v) is 4.27. The maximum absolute atomic E-state index is 12.9. The minimum atomic E-state index is 0.0274. The van der Waals surface area contributed by atoms with Crippen LogP contribution in [0.5, 0.6) is 0 Å². The van der Waals surface area contributed by atoms with Gasteiger partial charge in [-0.3, -0.25) is 4.79 Å². The molecule has 1 aromatic carbocycles. The minimum absolute atomic E-state index is 0.0274. The Morgan fingerprint density at radius 2 is 2.09 bits per heavy atom. The zero-order valence-electron chi connectivity index (χ0n) is 13.5. The molecule has 1 amide bonds. The van der Waals surface area contributed by atoms with Gasteiger partial charge >= 0.3 is 0 Å². The van der Waals surface area contributed by atoms with Crippen molar-refractivity contribution in [3.05, 3.63) is 59.5 Å². The van der Waals surface area contributed by atoms with Crippen LogP contribution in [0.25, 0.3) is 0 Å². The van der Waals surface area contributed by atoms with Gasteiger partial charge in [-0.1, -0.05) is 19.1 Å². The summed E-state index contributed by atoms with van der Waals surface area (Å²) in [5, 5.41) is 0. The van der Waals surface area contributed by atoms with Crippen molar-refractivity contribution < 1.29 is 13.9 Å². The van der Waals surface area contributed by atoms with E-state index >= 15 is 0 Å². The molecule has 1 aromatic heterocycles. The Morgan fingerprint density at radius 1 is 1.26 bits per heavy atom. The summed E-state index contributed by atoms with van der Waals surface area (Å²) in [5.74, 6) is 0.820. The van der Waals surface area contributed by atoms with E-state index in [1.165, 1.54) is 5.56 Å². The van der Waals surface area contributed by atoms with Gasteiger partial charge in [-0.25, -0.2) is 0 Å². The van der Waals surface area contributed by atoms with Crippen LogP contribution in [-0.2, 0) is 17.7 Å². The van der Waals surface area contributed by atoms with Crippen molar-refractivity contribution in [3.63, 3.8) is 0 Å². The van der Waals surface area contributed by atoms with Crippen LogP contribution < -0.4 is 0 Å². The lowest BCUT2D eigenvalue weighted by atomic mass is 10.1. The van der Waals surface area contributed by atoms with Crippen LogP contribution in [-0.4, -0.2) is 30.1 Å². The van der Waals surface area contributed by atoms with Crippen LogP contribution in [0.3, 0.4) is 0 Å². The fourth-order valence-electron chi connectivity index (χ4n) is 2.91. The van der Waals surface area contributed by atoms with Crippen molar-refractivity contribution in [1.29, 1.82) is 0 Å². The van der Waals surface area contributed by atoms with Crippen LogP contribution in [0.1, 0.15) is 41.4 Å². The molecule has 1 atom stereocenters. The normalized spacial score (nSPS) is 17.3. The Kier molecular flexibility index (Phi) is 5.13.